The Hall–Kier alpha value is -0.430. The van der Waals surface area contributed by atoms with Gasteiger partial charge in [0.15, 0.2) is 5.96 Å². The van der Waals surface area contributed by atoms with E-state index in [1.54, 1.807) is 13.1 Å². The summed E-state index contributed by atoms with van der Waals surface area (Å²) in [5.41, 5.74) is -0.151. The van der Waals surface area contributed by atoms with Crippen molar-refractivity contribution in [3.8, 4) is 0 Å². The molecule has 0 bridgehead atoms. The third kappa shape index (κ3) is 6.18. The maximum absolute atomic E-state index is 11.2. The van der Waals surface area contributed by atoms with Crippen LogP contribution >= 0.6 is 35.3 Å². The van der Waals surface area contributed by atoms with E-state index >= 15 is 0 Å². The summed E-state index contributed by atoms with van der Waals surface area (Å²) in [5.74, 6) is 0.655. The Morgan fingerprint density at radius 3 is 2.74 bits per heavy atom. The predicted molar refractivity (Wildman–Crippen MR) is 103 cm³/mol. The van der Waals surface area contributed by atoms with Crippen molar-refractivity contribution < 1.29 is 13.2 Å². The fourth-order valence-electron chi connectivity index (χ4n) is 2.24. The molecule has 1 aliphatic rings. The largest absolute Gasteiger partial charge is 0.373 e. The Morgan fingerprint density at radius 1 is 1.48 bits per heavy atom. The van der Waals surface area contributed by atoms with Gasteiger partial charge in [-0.1, -0.05) is 0 Å². The van der Waals surface area contributed by atoms with Crippen LogP contribution in [0.25, 0.3) is 0 Å². The van der Waals surface area contributed by atoms with Crippen LogP contribution in [0.15, 0.2) is 21.3 Å². The first-order chi connectivity index (χ1) is 10.3. The lowest BCUT2D eigenvalue weighted by Gasteiger charge is -2.24. The summed E-state index contributed by atoms with van der Waals surface area (Å²) >= 11 is 1.15. The molecule has 23 heavy (non-hydrogen) atoms. The number of rotatable bonds is 5. The number of nitrogens with zero attached hydrogens (tertiary/aromatic N) is 1. The summed E-state index contributed by atoms with van der Waals surface area (Å²) in [6, 6.07) is 3.26. The minimum absolute atomic E-state index is 0. The van der Waals surface area contributed by atoms with Gasteiger partial charge in [0.1, 0.15) is 4.21 Å². The van der Waals surface area contributed by atoms with E-state index in [0.717, 1.165) is 35.7 Å². The van der Waals surface area contributed by atoms with Gasteiger partial charge in [0, 0.05) is 25.1 Å². The zero-order chi connectivity index (χ0) is 16.2. The Bertz CT molecular complexity index is 639. The summed E-state index contributed by atoms with van der Waals surface area (Å²) in [4.78, 5) is 5.02. The van der Waals surface area contributed by atoms with Gasteiger partial charge in [-0.3, -0.25) is 4.99 Å². The van der Waals surface area contributed by atoms with Crippen molar-refractivity contribution in [1.29, 1.82) is 0 Å². The topological polar surface area (TPSA) is 106 Å². The van der Waals surface area contributed by atoms with Crippen molar-refractivity contribution in [2.24, 2.45) is 10.1 Å². The predicted octanol–water partition coefficient (Wildman–Crippen LogP) is 1.25. The average molecular weight is 474 g/mol. The summed E-state index contributed by atoms with van der Waals surface area (Å²) in [6.07, 6.45) is 2.11. The Kier molecular flexibility index (Phi) is 7.71. The van der Waals surface area contributed by atoms with E-state index in [1.807, 2.05) is 0 Å². The zero-order valence-electron chi connectivity index (χ0n) is 13.2. The maximum atomic E-state index is 11.2. The van der Waals surface area contributed by atoms with Crippen molar-refractivity contribution in [2.45, 2.75) is 36.1 Å². The average Bonchev–Trinajstić information content (AvgIpc) is 3.08. The molecule has 0 amide bonds. The first-order valence-electron chi connectivity index (χ1n) is 7.02. The van der Waals surface area contributed by atoms with Gasteiger partial charge in [0.05, 0.1) is 12.1 Å². The molecule has 1 aliphatic heterocycles. The van der Waals surface area contributed by atoms with Gasteiger partial charge in [0.2, 0.25) is 10.0 Å². The van der Waals surface area contributed by atoms with E-state index in [-0.39, 0.29) is 33.8 Å². The number of primary sulfonamides is 1. The zero-order valence-corrected chi connectivity index (χ0v) is 17.1. The van der Waals surface area contributed by atoms with Crippen LogP contribution in [0.2, 0.25) is 0 Å². The molecule has 1 unspecified atom stereocenters. The molecule has 1 aromatic rings. The Morgan fingerprint density at radius 2 is 2.22 bits per heavy atom. The smallest absolute Gasteiger partial charge is 0.247 e. The summed E-state index contributed by atoms with van der Waals surface area (Å²) in [7, 11) is -1.94. The Labute approximate surface area is 158 Å². The monoisotopic (exact) mass is 474 g/mol. The van der Waals surface area contributed by atoms with Crippen molar-refractivity contribution in [1.82, 2.24) is 10.6 Å². The van der Waals surface area contributed by atoms with E-state index in [9.17, 15) is 8.42 Å². The SMILES string of the molecule is CN=C(NCc1ccc(S(N)(=O)=O)s1)NCC1(C)CCCO1.I. The van der Waals surface area contributed by atoms with Gasteiger partial charge < -0.3 is 15.4 Å². The lowest BCUT2D eigenvalue weighted by atomic mass is 10.0. The highest BCUT2D eigenvalue weighted by Crippen LogP contribution is 2.24. The molecule has 0 saturated carbocycles. The highest BCUT2D eigenvalue weighted by atomic mass is 127. The number of thiophene rings is 1. The molecule has 7 nitrogen and oxygen atoms in total. The standard InChI is InChI=1S/C13H22N4O3S2.HI/c1-13(6-3-7-20-13)9-17-12(15-2)16-8-10-4-5-11(21-10)22(14,18)19;/h4-5H,3,6-9H2,1-2H3,(H2,14,18,19)(H2,15,16,17);1H. The third-order valence-electron chi connectivity index (χ3n) is 3.50. The fraction of sp³-hybridized carbons (Fsp3) is 0.615. The number of halogens is 1. The fourth-order valence-corrected chi connectivity index (χ4v) is 3.96. The number of guanidine groups is 1. The third-order valence-corrected chi connectivity index (χ3v) is 6.03. The highest BCUT2D eigenvalue weighted by molar-refractivity contribution is 14.0. The van der Waals surface area contributed by atoms with E-state index in [0.29, 0.717) is 19.0 Å². The molecule has 1 fully saturated rings. The molecular formula is C13H23IN4O3S2. The van der Waals surface area contributed by atoms with Crippen molar-refractivity contribution in [2.75, 3.05) is 20.2 Å². The highest BCUT2D eigenvalue weighted by Gasteiger charge is 2.29. The molecule has 0 spiro atoms. The van der Waals surface area contributed by atoms with Crippen molar-refractivity contribution in [3.05, 3.63) is 17.0 Å². The second kappa shape index (κ2) is 8.60. The maximum Gasteiger partial charge on any atom is 0.247 e. The number of ether oxygens (including phenoxy) is 1. The van der Waals surface area contributed by atoms with Crippen LogP contribution in [0, 0.1) is 0 Å². The second-order valence-electron chi connectivity index (χ2n) is 5.45. The molecule has 1 saturated heterocycles. The van der Waals surface area contributed by atoms with Gasteiger partial charge in [-0.25, -0.2) is 13.6 Å². The minimum Gasteiger partial charge on any atom is -0.373 e. The first-order valence-corrected chi connectivity index (χ1v) is 9.39. The van der Waals surface area contributed by atoms with E-state index < -0.39 is 10.0 Å². The number of nitrogens with one attached hydrogen (secondary N) is 2. The molecule has 4 N–H and O–H groups in total. The molecule has 0 aliphatic carbocycles. The molecule has 1 aromatic heterocycles. The van der Waals surface area contributed by atoms with Crippen LogP contribution in [0.1, 0.15) is 24.6 Å². The molecule has 2 heterocycles. The molecular weight excluding hydrogens is 451 g/mol. The van der Waals surface area contributed by atoms with E-state index in [2.05, 4.69) is 22.5 Å². The molecule has 0 aromatic carbocycles. The molecule has 0 radical (unpaired) electrons. The van der Waals surface area contributed by atoms with Gasteiger partial charge in [-0.2, -0.15) is 0 Å². The van der Waals surface area contributed by atoms with Crippen LogP contribution in [0.5, 0.6) is 0 Å². The van der Waals surface area contributed by atoms with Crippen molar-refractivity contribution in [3.63, 3.8) is 0 Å². The Balaban J connectivity index is 0.00000264. The van der Waals surface area contributed by atoms with Crippen LogP contribution in [0.4, 0.5) is 0 Å². The van der Waals surface area contributed by atoms with Gasteiger partial charge >= 0.3 is 0 Å². The van der Waals surface area contributed by atoms with Crippen LogP contribution in [0.3, 0.4) is 0 Å². The number of aliphatic imine (C=N–C) groups is 1. The quantitative estimate of drug-likeness (QED) is 0.339. The van der Waals surface area contributed by atoms with Gasteiger partial charge in [-0.15, -0.1) is 35.3 Å². The number of hydrogen-bond acceptors (Lipinski definition) is 5. The summed E-state index contributed by atoms with van der Waals surface area (Å²) in [5, 5.41) is 11.5. The van der Waals surface area contributed by atoms with Crippen LogP contribution in [-0.4, -0.2) is 40.2 Å². The van der Waals surface area contributed by atoms with Crippen molar-refractivity contribution >= 4 is 51.3 Å². The minimum atomic E-state index is -3.63. The number of nitrogens with two attached hydrogens (primary N) is 1. The lowest BCUT2D eigenvalue weighted by molar-refractivity contribution is 0.0243. The van der Waals surface area contributed by atoms with Gasteiger partial charge in [0.25, 0.3) is 0 Å². The molecule has 1 atom stereocenters. The number of hydrogen-bond donors (Lipinski definition) is 3. The normalized spacial score (nSPS) is 21.8. The molecule has 132 valence electrons. The van der Waals surface area contributed by atoms with E-state index in [4.69, 9.17) is 9.88 Å². The molecule has 10 heteroatoms. The summed E-state index contributed by atoms with van der Waals surface area (Å²) < 4.78 is 28.4. The van der Waals surface area contributed by atoms with E-state index in [1.165, 1.54) is 6.07 Å². The van der Waals surface area contributed by atoms with Crippen LogP contribution in [-0.2, 0) is 21.3 Å². The first kappa shape index (κ1) is 20.6. The molecule has 2 rings (SSSR count). The number of sulfonamides is 1. The second-order valence-corrected chi connectivity index (χ2v) is 8.40. The lowest BCUT2D eigenvalue weighted by Crippen LogP contribution is -2.45. The van der Waals surface area contributed by atoms with Gasteiger partial charge in [-0.05, 0) is 31.9 Å². The summed E-state index contributed by atoms with van der Waals surface area (Å²) in [6.45, 7) is 4.05. The van der Waals surface area contributed by atoms with Crippen LogP contribution < -0.4 is 15.8 Å².